The van der Waals surface area contributed by atoms with Crippen molar-refractivity contribution in [3.8, 4) is 0 Å². The summed E-state index contributed by atoms with van der Waals surface area (Å²) in [6.45, 7) is 5.16. The molecule has 1 heterocycles. The molecule has 0 bridgehead atoms. The molecular formula is C10H16N2S. The number of hydrogen-bond acceptors (Lipinski definition) is 3. The van der Waals surface area contributed by atoms with Crippen LogP contribution in [0.2, 0.25) is 0 Å². The lowest BCUT2D eigenvalue weighted by Crippen LogP contribution is -2.08. The molecule has 72 valence electrons. The molecule has 1 aliphatic rings. The van der Waals surface area contributed by atoms with Gasteiger partial charge in [-0.25, -0.2) is 4.98 Å². The van der Waals surface area contributed by atoms with Gasteiger partial charge in [0.1, 0.15) is 5.01 Å². The second kappa shape index (κ2) is 3.39. The van der Waals surface area contributed by atoms with E-state index in [9.17, 15) is 0 Å². The average molecular weight is 196 g/mol. The summed E-state index contributed by atoms with van der Waals surface area (Å²) in [5, 5.41) is 1.10. The standard InChI is InChI=1S/C10H16N2S/c1-6-3-4-7(2)10-9(6)12-8(5-11)13-10/h6-7H,3-5,11H2,1-2H3. The summed E-state index contributed by atoms with van der Waals surface area (Å²) in [6, 6.07) is 0. The van der Waals surface area contributed by atoms with Crippen molar-refractivity contribution in [2.24, 2.45) is 5.73 Å². The van der Waals surface area contributed by atoms with Crippen LogP contribution in [0.25, 0.3) is 0 Å². The summed E-state index contributed by atoms with van der Waals surface area (Å²) >= 11 is 1.81. The second-order valence-electron chi connectivity index (χ2n) is 3.94. The van der Waals surface area contributed by atoms with E-state index >= 15 is 0 Å². The summed E-state index contributed by atoms with van der Waals surface area (Å²) in [4.78, 5) is 6.08. The predicted octanol–water partition coefficient (Wildman–Crippen LogP) is 2.60. The van der Waals surface area contributed by atoms with Crippen LogP contribution < -0.4 is 5.73 Å². The van der Waals surface area contributed by atoms with Crippen LogP contribution in [0.4, 0.5) is 0 Å². The molecule has 0 aliphatic heterocycles. The molecule has 0 radical (unpaired) electrons. The second-order valence-corrected chi connectivity index (χ2v) is 5.06. The Morgan fingerprint density at radius 3 is 2.69 bits per heavy atom. The van der Waals surface area contributed by atoms with Crippen LogP contribution in [0, 0.1) is 0 Å². The largest absolute Gasteiger partial charge is 0.325 e. The summed E-state index contributed by atoms with van der Waals surface area (Å²) in [6.07, 6.45) is 2.59. The van der Waals surface area contributed by atoms with Crippen molar-refractivity contribution in [2.45, 2.75) is 45.1 Å². The lowest BCUT2D eigenvalue weighted by Gasteiger charge is -2.22. The molecule has 0 saturated carbocycles. The van der Waals surface area contributed by atoms with Crippen LogP contribution >= 0.6 is 11.3 Å². The zero-order valence-corrected chi connectivity index (χ0v) is 9.03. The van der Waals surface area contributed by atoms with Crippen LogP contribution in [0.5, 0.6) is 0 Å². The minimum atomic E-state index is 0.594. The van der Waals surface area contributed by atoms with Gasteiger partial charge in [-0.1, -0.05) is 13.8 Å². The first kappa shape index (κ1) is 9.16. The maximum Gasteiger partial charge on any atom is 0.107 e. The van der Waals surface area contributed by atoms with E-state index in [2.05, 4.69) is 18.8 Å². The van der Waals surface area contributed by atoms with Gasteiger partial charge in [-0.2, -0.15) is 0 Å². The number of thiazole rings is 1. The first-order chi connectivity index (χ1) is 6.22. The van der Waals surface area contributed by atoms with E-state index in [1.54, 1.807) is 0 Å². The molecule has 1 aromatic rings. The fraction of sp³-hybridized carbons (Fsp3) is 0.700. The third-order valence-electron chi connectivity index (χ3n) is 2.85. The minimum absolute atomic E-state index is 0.594. The molecule has 0 aromatic carbocycles. The number of hydrogen-bond donors (Lipinski definition) is 1. The third kappa shape index (κ3) is 1.51. The fourth-order valence-corrected chi connectivity index (χ4v) is 3.10. The number of nitrogens with zero attached hydrogens (tertiary/aromatic N) is 1. The van der Waals surface area contributed by atoms with Gasteiger partial charge in [0.25, 0.3) is 0 Å². The topological polar surface area (TPSA) is 38.9 Å². The Bertz CT molecular complexity index is 278. The highest BCUT2D eigenvalue weighted by Crippen LogP contribution is 2.40. The van der Waals surface area contributed by atoms with Crippen molar-refractivity contribution in [1.82, 2.24) is 4.98 Å². The van der Waals surface area contributed by atoms with Crippen LogP contribution in [-0.2, 0) is 6.54 Å². The van der Waals surface area contributed by atoms with Crippen molar-refractivity contribution >= 4 is 11.3 Å². The summed E-state index contributed by atoms with van der Waals surface area (Å²) in [5.74, 6) is 1.34. The maximum absolute atomic E-state index is 5.60. The third-order valence-corrected chi connectivity index (χ3v) is 4.17. The van der Waals surface area contributed by atoms with Gasteiger partial charge < -0.3 is 5.73 Å². The molecule has 0 amide bonds. The molecule has 1 aromatic heterocycles. The molecule has 13 heavy (non-hydrogen) atoms. The molecule has 2 N–H and O–H groups in total. The number of rotatable bonds is 1. The van der Waals surface area contributed by atoms with Crippen LogP contribution in [0.1, 0.15) is 54.1 Å². The monoisotopic (exact) mass is 196 g/mol. The lowest BCUT2D eigenvalue weighted by molar-refractivity contribution is 0.525. The first-order valence-electron chi connectivity index (χ1n) is 4.92. The van der Waals surface area contributed by atoms with Crippen molar-refractivity contribution in [3.63, 3.8) is 0 Å². The maximum atomic E-state index is 5.60. The number of nitrogens with two attached hydrogens (primary N) is 1. The molecule has 2 atom stereocenters. The van der Waals surface area contributed by atoms with Gasteiger partial charge in [-0.15, -0.1) is 11.3 Å². The summed E-state index contributed by atoms with van der Waals surface area (Å²) in [7, 11) is 0. The van der Waals surface area contributed by atoms with E-state index < -0.39 is 0 Å². The van der Waals surface area contributed by atoms with E-state index in [-0.39, 0.29) is 0 Å². The SMILES string of the molecule is CC1CCC(C)c2sc(CN)nc21. The molecule has 2 unspecified atom stereocenters. The van der Waals surface area contributed by atoms with Crippen LogP contribution in [-0.4, -0.2) is 4.98 Å². The van der Waals surface area contributed by atoms with Gasteiger partial charge in [-0.05, 0) is 24.7 Å². The Morgan fingerprint density at radius 1 is 1.38 bits per heavy atom. The minimum Gasteiger partial charge on any atom is -0.325 e. The summed E-state index contributed by atoms with van der Waals surface area (Å²) < 4.78 is 0. The molecule has 2 nitrogen and oxygen atoms in total. The Balaban J connectivity index is 2.41. The zero-order valence-electron chi connectivity index (χ0n) is 8.21. The predicted molar refractivity (Wildman–Crippen MR) is 56.1 cm³/mol. The molecule has 0 saturated heterocycles. The quantitative estimate of drug-likeness (QED) is 0.750. The summed E-state index contributed by atoms with van der Waals surface area (Å²) in [5.41, 5.74) is 6.92. The van der Waals surface area contributed by atoms with E-state index in [4.69, 9.17) is 5.73 Å². The van der Waals surface area contributed by atoms with Crippen molar-refractivity contribution in [3.05, 3.63) is 15.6 Å². The molecule has 0 fully saturated rings. The van der Waals surface area contributed by atoms with Gasteiger partial charge >= 0.3 is 0 Å². The highest BCUT2D eigenvalue weighted by atomic mass is 32.1. The Kier molecular flexibility index (Phi) is 2.39. The van der Waals surface area contributed by atoms with E-state index in [1.165, 1.54) is 23.4 Å². The van der Waals surface area contributed by atoms with E-state index in [0.717, 1.165) is 5.01 Å². The van der Waals surface area contributed by atoms with Crippen molar-refractivity contribution in [2.75, 3.05) is 0 Å². The first-order valence-corrected chi connectivity index (χ1v) is 5.73. The molecule has 1 aliphatic carbocycles. The van der Waals surface area contributed by atoms with Crippen LogP contribution in [0.15, 0.2) is 0 Å². The zero-order chi connectivity index (χ0) is 9.42. The van der Waals surface area contributed by atoms with Crippen LogP contribution in [0.3, 0.4) is 0 Å². The Hall–Kier alpha value is -0.410. The average Bonchev–Trinajstić information content (AvgIpc) is 2.56. The van der Waals surface area contributed by atoms with Gasteiger partial charge in [0.05, 0.1) is 5.69 Å². The molecule has 0 spiro atoms. The van der Waals surface area contributed by atoms with Gasteiger partial charge in [0.2, 0.25) is 0 Å². The van der Waals surface area contributed by atoms with Gasteiger partial charge in [-0.3, -0.25) is 0 Å². The number of fused-ring (bicyclic) bond motifs is 1. The fourth-order valence-electron chi connectivity index (χ4n) is 1.95. The highest BCUT2D eigenvalue weighted by molar-refractivity contribution is 7.11. The van der Waals surface area contributed by atoms with Crippen molar-refractivity contribution in [1.29, 1.82) is 0 Å². The Morgan fingerprint density at radius 2 is 2.08 bits per heavy atom. The highest BCUT2D eigenvalue weighted by Gasteiger charge is 2.25. The van der Waals surface area contributed by atoms with Gasteiger partial charge in [0, 0.05) is 11.4 Å². The normalized spacial score (nSPS) is 27.3. The molecular weight excluding hydrogens is 180 g/mol. The molecule has 2 rings (SSSR count). The Labute approximate surface area is 83.2 Å². The van der Waals surface area contributed by atoms with Gasteiger partial charge in [0.15, 0.2) is 0 Å². The lowest BCUT2D eigenvalue weighted by atomic mass is 9.86. The van der Waals surface area contributed by atoms with E-state index in [1.807, 2.05) is 11.3 Å². The molecule has 3 heteroatoms. The smallest absolute Gasteiger partial charge is 0.107 e. The number of aromatic nitrogens is 1. The van der Waals surface area contributed by atoms with E-state index in [0.29, 0.717) is 18.4 Å². The van der Waals surface area contributed by atoms with Crippen molar-refractivity contribution < 1.29 is 0 Å².